The zero-order valence-electron chi connectivity index (χ0n) is 8.33. The highest BCUT2D eigenvalue weighted by Crippen LogP contribution is 2.19. The molecule has 0 atom stereocenters. The number of benzene rings is 1. The molecule has 0 saturated heterocycles. The van der Waals surface area contributed by atoms with Crippen molar-refractivity contribution in [1.82, 2.24) is 0 Å². The van der Waals surface area contributed by atoms with Gasteiger partial charge in [-0.1, -0.05) is 6.07 Å². The molecule has 1 rings (SSSR count). The number of hydrogen-bond acceptors (Lipinski definition) is 4. The molecular weight excluding hydrogens is 214 g/mol. The van der Waals surface area contributed by atoms with Crippen molar-refractivity contribution in [3.63, 3.8) is 0 Å². The van der Waals surface area contributed by atoms with Crippen molar-refractivity contribution < 1.29 is 24.9 Å². The summed E-state index contributed by atoms with van der Waals surface area (Å²) in [5.41, 5.74) is 0.352. The second-order valence-corrected chi connectivity index (χ2v) is 3.16. The van der Waals surface area contributed by atoms with E-state index in [-0.39, 0.29) is 5.75 Å². The largest absolute Gasteiger partial charge is 0.508 e. The smallest absolute Gasteiger partial charge is 0.323 e. The standard InChI is InChI=1S/C10H11NO5/c12-8-3-1-2-7(4-8)11(5-9(13)14)6-10(15)16/h1-4,12H,5-6H2,(H,13,14)(H,15,16). The number of aromatic hydroxyl groups is 1. The summed E-state index contributed by atoms with van der Waals surface area (Å²) < 4.78 is 0. The van der Waals surface area contributed by atoms with Gasteiger partial charge >= 0.3 is 11.9 Å². The predicted molar refractivity (Wildman–Crippen MR) is 55.6 cm³/mol. The summed E-state index contributed by atoms with van der Waals surface area (Å²) >= 11 is 0. The van der Waals surface area contributed by atoms with Crippen LogP contribution in [0.15, 0.2) is 24.3 Å². The lowest BCUT2D eigenvalue weighted by molar-refractivity contribution is -0.136. The number of aliphatic carboxylic acids is 2. The Morgan fingerprint density at radius 3 is 2.12 bits per heavy atom. The van der Waals surface area contributed by atoms with Crippen LogP contribution < -0.4 is 4.90 Å². The molecule has 0 spiro atoms. The molecule has 16 heavy (non-hydrogen) atoms. The van der Waals surface area contributed by atoms with E-state index < -0.39 is 25.0 Å². The lowest BCUT2D eigenvalue weighted by atomic mass is 10.2. The van der Waals surface area contributed by atoms with Crippen molar-refractivity contribution in [3.05, 3.63) is 24.3 Å². The molecular formula is C10H11NO5. The van der Waals surface area contributed by atoms with E-state index in [1.807, 2.05) is 0 Å². The van der Waals surface area contributed by atoms with Gasteiger partial charge in [0.1, 0.15) is 18.8 Å². The Morgan fingerprint density at radius 2 is 1.69 bits per heavy atom. The first-order valence-corrected chi connectivity index (χ1v) is 4.46. The minimum atomic E-state index is -1.13. The van der Waals surface area contributed by atoms with Gasteiger partial charge in [0.05, 0.1) is 0 Å². The molecule has 6 nitrogen and oxygen atoms in total. The van der Waals surface area contributed by atoms with Crippen molar-refractivity contribution in [2.75, 3.05) is 18.0 Å². The highest BCUT2D eigenvalue weighted by molar-refractivity contribution is 5.79. The summed E-state index contributed by atoms with van der Waals surface area (Å²) in [6.07, 6.45) is 0. The molecule has 86 valence electrons. The Bertz CT molecular complexity index is 388. The van der Waals surface area contributed by atoms with Crippen molar-refractivity contribution in [2.45, 2.75) is 0 Å². The average Bonchev–Trinajstić information content (AvgIpc) is 2.15. The maximum atomic E-state index is 10.6. The van der Waals surface area contributed by atoms with Crippen LogP contribution in [0, 0.1) is 0 Å². The molecule has 0 fully saturated rings. The van der Waals surface area contributed by atoms with Gasteiger partial charge in [0.25, 0.3) is 0 Å². The number of carboxylic acids is 2. The Morgan fingerprint density at radius 1 is 1.12 bits per heavy atom. The van der Waals surface area contributed by atoms with Crippen LogP contribution in [0.2, 0.25) is 0 Å². The van der Waals surface area contributed by atoms with E-state index in [4.69, 9.17) is 10.2 Å². The van der Waals surface area contributed by atoms with Crippen molar-refractivity contribution in [2.24, 2.45) is 0 Å². The van der Waals surface area contributed by atoms with E-state index in [1.54, 1.807) is 0 Å². The zero-order chi connectivity index (χ0) is 12.1. The quantitative estimate of drug-likeness (QED) is 0.669. The zero-order valence-corrected chi connectivity index (χ0v) is 8.33. The third kappa shape index (κ3) is 3.49. The first-order valence-electron chi connectivity index (χ1n) is 4.46. The summed E-state index contributed by atoms with van der Waals surface area (Å²) in [5, 5.41) is 26.5. The molecule has 0 bridgehead atoms. The molecule has 0 aromatic heterocycles. The maximum absolute atomic E-state index is 10.6. The molecule has 0 aliphatic heterocycles. The topological polar surface area (TPSA) is 98.1 Å². The molecule has 0 saturated carbocycles. The van der Waals surface area contributed by atoms with Crippen LogP contribution in [0.25, 0.3) is 0 Å². The van der Waals surface area contributed by atoms with Crippen LogP contribution in [0.1, 0.15) is 0 Å². The number of anilines is 1. The van der Waals surface area contributed by atoms with Crippen LogP contribution >= 0.6 is 0 Å². The van der Waals surface area contributed by atoms with Crippen LogP contribution in [0.5, 0.6) is 5.75 Å². The second kappa shape index (κ2) is 5.01. The van der Waals surface area contributed by atoms with Gasteiger partial charge in [-0.3, -0.25) is 9.59 Å². The minimum absolute atomic E-state index is 0.0433. The lowest BCUT2D eigenvalue weighted by Crippen LogP contribution is -2.34. The van der Waals surface area contributed by atoms with Crippen molar-refractivity contribution in [1.29, 1.82) is 0 Å². The highest BCUT2D eigenvalue weighted by Gasteiger charge is 2.14. The Labute approximate surface area is 91.4 Å². The van der Waals surface area contributed by atoms with Gasteiger partial charge < -0.3 is 20.2 Å². The van der Waals surface area contributed by atoms with Gasteiger partial charge in [0.2, 0.25) is 0 Å². The number of rotatable bonds is 5. The van der Waals surface area contributed by atoms with Gasteiger partial charge in [-0.15, -0.1) is 0 Å². The van der Waals surface area contributed by atoms with E-state index in [0.717, 1.165) is 4.90 Å². The fourth-order valence-electron chi connectivity index (χ4n) is 1.25. The molecule has 0 amide bonds. The number of carbonyl (C=O) groups is 2. The van der Waals surface area contributed by atoms with E-state index in [1.165, 1.54) is 24.3 Å². The summed E-state index contributed by atoms with van der Waals surface area (Å²) in [4.78, 5) is 22.2. The monoisotopic (exact) mass is 225 g/mol. The van der Waals surface area contributed by atoms with E-state index in [9.17, 15) is 14.7 Å². The lowest BCUT2D eigenvalue weighted by Gasteiger charge is -2.20. The first kappa shape index (κ1) is 11.8. The molecule has 0 unspecified atom stereocenters. The molecule has 0 aliphatic rings. The van der Waals surface area contributed by atoms with Gasteiger partial charge in [0, 0.05) is 11.8 Å². The molecule has 0 aliphatic carbocycles. The van der Waals surface area contributed by atoms with Gasteiger partial charge in [-0.2, -0.15) is 0 Å². The van der Waals surface area contributed by atoms with Gasteiger partial charge in [-0.25, -0.2) is 0 Å². The summed E-state index contributed by atoms with van der Waals surface area (Å²) in [6.45, 7) is -0.870. The van der Waals surface area contributed by atoms with E-state index in [2.05, 4.69) is 0 Å². The molecule has 1 aromatic carbocycles. The van der Waals surface area contributed by atoms with Crippen molar-refractivity contribution >= 4 is 17.6 Å². The van der Waals surface area contributed by atoms with Gasteiger partial charge in [0.15, 0.2) is 0 Å². The number of phenols is 1. The highest BCUT2D eigenvalue weighted by atomic mass is 16.4. The van der Waals surface area contributed by atoms with E-state index in [0.29, 0.717) is 5.69 Å². The number of hydrogen-bond donors (Lipinski definition) is 3. The SMILES string of the molecule is O=C(O)CN(CC(=O)O)c1cccc(O)c1. The van der Waals surface area contributed by atoms with Crippen molar-refractivity contribution in [3.8, 4) is 5.75 Å². The van der Waals surface area contributed by atoms with Crippen LogP contribution in [-0.2, 0) is 9.59 Å². The third-order valence-electron chi connectivity index (χ3n) is 1.85. The predicted octanol–water partition coefficient (Wildman–Crippen LogP) is 0.368. The normalized spacial score (nSPS) is 9.75. The summed E-state index contributed by atoms with van der Waals surface area (Å²) in [6, 6.07) is 5.78. The number of nitrogens with zero attached hydrogens (tertiary/aromatic N) is 1. The maximum Gasteiger partial charge on any atom is 0.323 e. The molecule has 3 N–H and O–H groups in total. The summed E-state index contributed by atoms with van der Waals surface area (Å²) in [7, 11) is 0. The fourth-order valence-corrected chi connectivity index (χ4v) is 1.25. The first-order chi connectivity index (χ1) is 7.49. The van der Waals surface area contributed by atoms with Crippen LogP contribution in [0.3, 0.4) is 0 Å². The number of carboxylic acid groups (broad SMARTS) is 2. The second-order valence-electron chi connectivity index (χ2n) is 3.16. The molecule has 6 heteroatoms. The Kier molecular flexibility index (Phi) is 3.71. The van der Waals surface area contributed by atoms with Gasteiger partial charge in [-0.05, 0) is 12.1 Å². The van der Waals surface area contributed by atoms with Crippen LogP contribution in [0.4, 0.5) is 5.69 Å². The average molecular weight is 225 g/mol. The van der Waals surface area contributed by atoms with E-state index >= 15 is 0 Å². The fraction of sp³-hybridized carbons (Fsp3) is 0.200. The Balaban J connectivity index is 2.90. The minimum Gasteiger partial charge on any atom is -0.508 e. The summed E-state index contributed by atoms with van der Waals surface area (Å²) in [5.74, 6) is -2.31. The Hall–Kier alpha value is -2.24. The number of phenolic OH excluding ortho intramolecular Hbond substituents is 1. The molecule has 1 aromatic rings. The molecule has 0 radical (unpaired) electrons. The van der Waals surface area contributed by atoms with Crippen LogP contribution in [-0.4, -0.2) is 40.3 Å². The third-order valence-corrected chi connectivity index (χ3v) is 1.85. The molecule has 0 heterocycles.